The van der Waals surface area contributed by atoms with Gasteiger partial charge in [-0.3, -0.25) is 4.57 Å². The first-order valence-electron chi connectivity index (χ1n) is 14.0. The van der Waals surface area contributed by atoms with Gasteiger partial charge in [0.1, 0.15) is 23.2 Å². The van der Waals surface area contributed by atoms with Crippen LogP contribution in [0.3, 0.4) is 0 Å². The summed E-state index contributed by atoms with van der Waals surface area (Å²) < 4.78 is 13.3. The summed E-state index contributed by atoms with van der Waals surface area (Å²) in [5, 5.41) is 10.9. The van der Waals surface area contributed by atoms with Crippen molar-refractivity contribution in [3.05, 3.63) is 75.9 Å². The van der Waals surface area contributed by atoms with Gasteiger partial charge in [0.25, 0.3) is 0 Å². The molecule has 42 heavy (non-hydrogen) atoms. The molecule has 0 saturated carbocycles. The SMILES string of the molecule is COC(=O)c1sc(-n2cnc3ccc(CC4(C(C)(C)C)CCN(C(=O)O)CC4)cc32)cc1O[C@H](C)c1ccccc1Cl. The molecule has 0 spiro atoms. The molecule has 1 saturated heterocycles. The third-order valence-corrected chi connectivity index (χ3v) is 10.1. The normalized spacial score (nSPS) is 15.9. The predicted octanol–water partition coefficient (Wildman–Crippen LogP) is 8.02. The minimum atomic E-state index is -0.852. The van der Waals surface area contributed by atoms with Crippen LogP contribution < -0.4 is 4.74 Å². The number of esters is 1. The number of amides is 1. The Morgan fingerprint density at radius 1 is 1.14 bits per heavy atom. The number of likely N-dealkylation sites (tertiary alicyclic amines) is 1. The molecule has 2 aromatic heterocycles. The first-order chi connectivity index (χ1) is 19.9. The minimum absolute atomic E-state index is 0.0133. The summed E-state index contributed by atoms with van der Waals surface area (Å²) in [5.41, 5.74) is 3.68. The summed E-state index contributed by atoms with van der Waals surface area (Å²) in [6.45, 7) is 9.71. The summed E-state index contributed by atoms with van der Waals surface area (Å²) in [6, 6.07) is 15.6. The molecule has 1 N–H and O–H groups in total. The number of thiophene rings is 1. The van der Waals surface area contributed by atoms with Crippen LogP contribution in [0.2, 0.25) is 5.02 Å². The quantitative estimate of drug-likeness (QED) is 0.213. The van der Waals surface area contributed by atoms with Crippen LogP contribution in [-0.4, -0.2) is 51.8 Å². The molecule has 1 amide bonds. The number of carbonyl (C=O) groups excluding carboxylic acids is 1. The fourth-order valence-corrected chi connectivity index (χ4v) is 7.19. The molecule has 1 atom stereocenters. The van der Waals surface area contributed by atoms with Crippen molar-refractivity contribution < 1.29 is 24.2 Å². The topological polar surface area (TPSA) is 93.9 Å². The van der Waals surface area contributed by atoms with Gasteiger partial charge in [0, 0.05) is 29.7 Å². The van der Waals surface area contributed by atoms with E-state index in [1.807, 2.05) is 47.9 Å². The smallest absolute Gasteiger partial charge is 0.407 e. The van der Waals surface area contributed by atoms with E-state index in [9.17, 15) is 14.7 Å². The number of imidazole rings is 1. The van der Waals surface area contributed by atoms with Gasteiger partial charge in [0.05, 0.1) is 18.1 Å². The first-order valence-corrected chi connectivity index (χ1v) is 15.2. The molecule has 5 rings (SSSR count). The zero-order chi connectivity index (χ0) is 30.2. The van der Waals surface area contributed by atoms with Crippen LogP contribution in [0.1, 0.15) is 67.4 Å². The van der Waals surface area contributed by atoms with Crippen molar-refractivity contribution in [1.82, 2.24) is 14.5 Å². The Morgan fingerprint density at radius 3 is 2.50 bits per heavy atom. The van der Waals surface area contributed by atoms with Crippen molar-refractivity contribution in [3.8, 4) is 10.8 Å². The number of nitrogens with zero attached hydrogens (tertiary/aromatic N) is 3. The van der Waals surface area contributed by atoms with Crippen LogP contribution in [-0.2, 0) is 11.2 Å². The Kier molecular flexibility index (Phi) is 8.27. The molecule has 0 bridgehead atoms. The van der Waals surface area contributed by atoms with Gasteiger partial charge < -0.3 is 19.5 Å². The van der Waals surface area contributed by atoms with E-state index in [1.165, 1.54) is 23.3 Å². The molecule has 8 nitrogen and oxygen atoms in total. The molecule has 10 heteroatoms. The molecule has 0 unspecified atom stereocenters. The maximum absolute atomic E-state index is 12.8. The fourth-order valence-electron chi connectivity index (χ4n) is 5.91. The van der Waals surface area contributed by atoms with Gasteiger partial charge >= 0.3 is 12.1 Å². The minimum Gasteiger partial charge on any atom is -0.484 e. The molecule has 1 aliphatic rings. The second-order valence-corrected chi connectivity index (χ2v) is 13.4. The maximum atomic E-state index is 12.8. The Morgan fingerprint density at radius 2 is 1.86 bits per heavy atom. The van der Waals surface area contributed by atoms with E-state index in [2.05, 4.69) is 37.9 Å². The van der Waals surface area contributed by atoms with Crippen LogP contribution in [0.15, 0.2) is 54.9 Å². The zero-order valence-electron chi connectivity index (χ0n) is 24.5. The third kappa shape index (κ3) is 5.72. The molecule has 0 aliphatic carbocycles. The highest BCUT2D eigenvalue weighted by Gasteiger charge is 2.44. The van der Waals surface area contributed by atoms with Crippen LogP contribution >= 0.6 is 22.9 Å². The van der Waals surface area contributed by atoms with Gasteiger partial charge in [-0.2, -0.15) is 0 Å². The number of fused-ring (bicyclic) bond motifs is 1. The monoisotopic (exact) mass is 609 g/mol. The lowest BCUT2D eigenvalue weighted by molar-refractivity contribution is 0.00937. The molecule has 1 fully saturated rings. The van der Waals surface area contributed by atoms with Gasteiger partial charge in [-0.15, -0.1) is 11.3 Å². The number of methoxy groups -OCH3 is 1. The number of halogens is 1. The number of piperidine rings is 1. The second kappa shape index (κ2) is 11.6. The van der Waals surface area contributed by atoms with E-state index in [0.29, 0.717) is 28.7 Å². The molecule has 3 heterocycles. The van der Waals surface area contributed by atoms with Gasteiger partial charge in [0.2, 0.25) is 0 Å². The van der Waals surface area contributed by atoms with Crippen molar-refractivity contribution in [2.75, 3.05) is 20.2 Å². The lowest BCUT2D eigenvalue weighted by Crippen LogP contribution is -2.49. The number of aromatic nitrogens is 2. The lowest BCUT2D eigenvalue weighted by atomic mass is 9.59. The highest BCUT2D eigenvalue weighted by atomic mass is 35.5. The van der Waals surface area contributed by atoms with Crippen molar-refractivity contribution >= 4 is 46.0 Å². The molecule has 1 aliphatic heterocycles. The molecule has 0 radical (unpaired) electrons. The average Bonchev–Trinajstić information content (AvgIpc) is 3.56. The zero-order valence-corrected chi connectivity index (χ0v) is 26.1. The largest absolute Gasteiger partial charge is 0.484 e. The Bertz CT molecular complexity index is 1610. The average molecular weight is 610 g/mol. The van der Waals surface area contributed by atoms with Crippen molar-refractivity contribution in [3.63, 3.8) is 0 Å². The molecular formula is C32H36ClN3O5S. The Labute approximate surface area is 254 Å². The van der Waals surface area contributed by atoms with Crippen molar-refractivity contribution in [2.45, 2.75) is 53.1 Å². The molecular weight excluding hydrogens is 574 g/mol. The van der Waals surface area contributed by atoms with E-state index < -0.39 is 18.2 Å². The second-order valence-electron chi connectivity index (χ2n) is 12.0. The third-order valence-electron chi connectivity index (χ3n) is 8.68. The first kappa shape index (κ1) is 29.9. The maximum Gasteiger partial charge on any atom is 0.407 e. The van der Waals surface area contributed by atoms with E-state index >= 15 is 0 Å². The number of benzene rings is 2. The number of rotatable bonds is 7. The lowest BCUT2D eigenvalue weighted by Gasteiger charge is -2.50. The summed E-state index contributed by atoms with van der Waals surface area (Å²) in [6.07, 6.45) is 2.95. The molecule has 4 aromatic rings. The van der Waals surface area contributed by atoms with Crippen molar-refractivity contribution in [2.24, 2.45) is 10.8 Å². The van der Waals surface area contributed by atoms with E-state index in [0.717, 1.165) is 46.4 Å². The Hall–Kier alpha value is -3.56. The number of carboxylic acid groups (broad SMARTS) is 1. The summed E-state index contributed by atoms with van der Waals surface area (Å²) >= 11 is 7.68. The summed E-state index contributed by atoms with van der Waals surface area (Å²) in [5.74, 6) is -0.0540. The van der Waals surface area contributed by atoms with E-state index in [-0.39, 0.29) is 10.8 Å². The van der Waals surface area contributed by atoms with Crippen LogP contribution in [0.4, 0.5) is 4.79 Å². The van der Waals surface area contributed by atoms with Crippen LogP contribution in [0, 0.1) is 10.8 Å². The number of carbonyl (C=O) groups is 2. The number of hydrogen-bond donors (Lipinski definition) is 1. The standard InChI is InChI=1S/C32H36ClN3O5S/c1-20(22-8-6-7-9-23(22)33)41-26-17-27(42-28(26)29(37)40-5)36-19-34-24-11-10-21(16-25(24)36)18-32(31(2,3)4)12-14-35(15-13-32)30(38)39/h6-11,16-17,19-20H,12-15,18H2,1-5H3,(H,38,39)/t20-/m1/s1. The Balaban J connectivity index is 1.48. The van der Waals surface area contributed by atoms with E-state index in [1.54, 1.807) is 6.33 Å². The van der Waals surface area contributed by atoms with Gasteiger partial charge in [-0.1, -0.05) is 56.6 Å². The molecule has 222 valence electrons. The number of ether oxygens (including phenoxy) is 2. The van der Waals surface area contributed by atoms with Crippen molar-refractivity contribution in [1.29, 1.82) is 0 Å². The number of hydrogen-bond acceptors (Lipinski definition) is 6. The highest BCUT2D eigenvalue weighted by molar-refractivity contribution is 7.16. The highest BCUT2D eigenvalue weighted by Crippen LogP contribution is 2.49. The van der Waals surface area contributed by atoms with Gasteiger partial charge in [-0.25, -0.2) is 14.6 Å². The summed E-state index contributed by atoms with van der Waals surface area (Å²) in [7, 11) is 1.36. The molecule has 2 aromatic carbocycles. The van der Waals surface area contributed by atoms with Crippen LogP contribution in [0.5, 0.6) is 5.75 Å². The fraction of sp³-hybridized carbons (Fsp3) is 0.406. The van der Waals surface area contributed by atoms with E-state index in [4.69, 9.17) is 21.1 Å². The predicted molar refractivity (Wildman–Crippen MR) is 165 cm³/mol. The van der Waals surface area contributed by atoms with Gasteiger partial charge in [0.15, 0.2) is 4.88 Å². The van der Waals surface area contributed by atoms with Gasteiger partial charge in [-0.05, 0) is 60.8 Å². The summed E-state index contributed by atoms with van der Waals surface area (Å²) in [4.78, 5) is 30.8. The van der Waals surface area contributed by atoms with Crippen LogP contribution in [0.25, 0.3) is 16.0 Å².